The zero-order valence-electron chi connectivity index (χ0n) is 9.90. The fraction of sp³-hybridized carbons (Fsp3) is 0.727. The number of morpholine rings is 1. The van der Waals surface area contributed by atoms with Crippen LogP contribution in [0, 0.1) is 0 Å². The highest BCUT2D eigenvalue weighted by atomic mass is 16.5. The number of hydrogen-bond acceptors (Lipinski definition) is 5. The molecule has 0 amide bonds. The Morgan fingerprint density at radius 3 is 3.25 bits per heavy atom. The molecule has 1 aromatic heterocycles. The van der Waals surface area contributed by atoms with E-state index in [1.807, 2.05) is 7.05 Å². The third kappa shape index (κ3) is 2.54. The Kier molecular flexibility index (Phi) is 3.79. The summed E-state index contributed by atoms with van der Waals surface area (Å²) in [5.74, 6) is 0. The smallest absolute Gasteiger partial charge is 0.297 e. The van der Waals surface area contributed by atoms with Crippen LogP contribution in [0.25, 0.3) is 0 Å². The summed E-state index contributed by atoms with van der Waals surface area (Å²) < 4.78 is 11.1. The van der Waals surface area contributed by atoms with Crippen molar-refractivity contribution in [3.05, 3.63) is 12.0 Å². The first-order valence-electron chi connectivity index (χ1n) is 5.79. The Morgan fingerprint density at radius 1 is 1.62 bits per heavy atom. The van der Waals surface area contributed by atoms with E-state index in [9.17, 15) is 0 Å². The lowest BCUT2D eigenvalue weighted by Crippen LogP contribution is -2.42. The molecule has 5 nitrogen and oxygen atoms in total. The lowest BCUT2D eigenvalue weighted by atomic mass is 10.2. The van der Waals surface area contributed by atoms with Crippen molar-refractivity contribution in [2.24, 2.45) is 0 Å². The molecule has 2 heterocycles. The minimum absolute atomic E-state index is 0.299. The Bertz CT molecular complexity index is 327. The molecule has 0 radical (unpaired) electrons. The lowest BCUT2D eigenvalue weighted by Gasteiger charge is -2.31. The van der Waals surface area contributed by atoms with E-state index >= 15 is 0 Å². The van der Waals surface area contributed by atoms with E-state index in [2.05, 4.69) is 22.1 Å². The molecule has 90 valence electrons. The van der Waals surface area contributed by atoms with Gasteiger partial charge in [0.25, 0.3) is 6.01 Å². The van der Waals surface area contributed by atoms with Gasteiger partial charge in [-0.05, 0) is 13.5 Å². The van der Waals surface area contributed by atoms with Crippen LogP contribution in [0.3, 0.4) is 0 Å². The Morgan fingerprint density at radius 2 is 2.50 bits per heavy atom. The maximum Gasteiger partial charge on any atom is 0.297 e. The van der Waals surface area contributed by atoms with E-state index in [-0.39, 0.29) is 0 Å². The second kappa shape index (κ2) is 5.32. The number of hydrogen-bond donors (Lipinski definition) is 1. The maximum atomic E-state index is 5.61. The minimum Gasteiger partial charge on any atom is -0.432 e. The Labute approximate surface area is 95.8 Å². The third-order valence-corrected chi connectivity index (χ3v) is 2.76. The topological polar surface area (TPSA) is 50.5 Å². The second-order valence-electron chi connectivity index (χ2n) is 4.00. The largest absolute Gasteiger partial charge is 0.432 e. The van der Waals surface area contributed by atoms with Gasteiger partial charge in [0.05, 0.1) is 18.4 Å². The molecule has 1 aliphatic rings. The van der Waals surface area contributed by atoms with E-state index in [1.54, 1.807) is 6.26 Å². The van der Waals surface area contributed by atoms with Crippen LogP contribution in [0.4, 0.5) is 6.01 Å². The van der Waals surface area contributed by atoms with Crippen molar-refractivity contribution >= 4 is 6.01 Å². The molecule has 5 heteroatoms. The fourth-order valence-corrected chi connectivity index (χ4v) is 1.84. The van der Waals surface area contributed by atoms with Gasteiger partial charge in [-0.25, -0.2) is 0 Å². The van der Waals surface area contributed by atoms with Gasteiger partial charge < -0.3 is 19.4 Å². The number of aromatic nitrogens is 1. The standard InChI is InChI=1S/C11H19N3O2/c1-3-10-7-14(4-5-15-10)11-13-9(6-12-2)8-16-11/h8,10,12H,3-7H2,1-2H3. The molecule has 1 saturated heterocycles. The van der Waals surface area contributed by atoms with Crippen LogP contribution in [-0.4, -0.2) is 37.8 Å². The van der Waals surface area contributed by atoms with E-state index in [1.165, 1.54) is 0 Å². The van der Waals surface area contributed by atoms with Gasteiger partial charge in [-0.15, -0.1) is 0 Å². The van der Waals surface area contributed by atoms with E-state index < -0.39 is 0 Å². The molecule has 0 spiro atoms. The van der Waals surface area contributed by atoms with Crippen molar-refractivity contribution in [1.29, 1.82) is 0 Å². The zero-order chi connectivity index (χ0) is 11.4. The maximum absolute atomic E-state index is 5.61. The summed E-state index contributed by atoms with van der Waals surface area (Å²) in [7, 11) is 1.90. The van der Waals surface area contributed by atoms with E-state index in [0.29, 0.717) is 12.1 Å². The molecule has 1 N–H and O–H groups in total. The molecular weight excluding hydrogens is 206 g/mol. The predicted molar refractivity (Wildman–Crippen MR) is 61.5 cm³/mol. The van der Waals surface area contributed by atoms with Crippen LogP contribution < -0.4 is 10.2 Å². The molecule has 16 heavy (non-hydrogen) atoms. The average Bonchev–Trinajstić information content (AvgIpc) is 2.78. The van der Waals surface area contributed by atoms with Crippen LogP contribution in [0.5, 0.6) is 0 Å². The first kappa shape index (κ1) is 11.4. The summed E-state index contributed by atoms with van der Waals surface area (Å²) in [6.07, 6.45) is 3.04. The first-order valence-corrected chi connectivity index (χ1v) is 5.79. The van der Waals surface area contributed by atoms with Gasteiger partial charge >= 0.3 is 0 Å². The summed E-state index contributed by atoms with van der Waals surface area (Å²) in [6.45, 7) is 5.36. The molecule has 0 aliphatic carbocycles. The summed E-state index contributed by atoms with van der Waals surface area (Å²) in [4.78, 5) is 6.58. The summed E-state index contributed by atoms with van der Waals surface area (Å²) in [5, 5.41) is 3.05. The monoisotopic (exact) mass is 225 g/mol. The van der Waals surface area contributed by atoms with Gasteiger partial charge in [-0.1, -0.05) is 6.92 Å². The van der Waals surface area contributed by atoms with Crippen molar-refractivity contribution in [2.75, 3.05) is 31.6 Å². The molecule has 1 aliphatic heterocycles. The normalized spacial score (nSPS) is 21.4. The molecule has 0 saturated carbocycles. The van der Waals surface area contributed by atoms with Gasteiger partial charge in [-0.2, -0.15) is 4.98 Å². The fourth-order valence-electron chi connectivity index (χ4n) is 1.84. The number of nitrogens with one attached hydrogen (secondary N) is 1. The predicted octanol–water partition coefficient (Wildman–Crippen LogP) is 1.01. The van der Waals surface area contributed by atoms with Crippen molar-refractivity contribution in [2.45, 2.75) is 26.0 Å². The van der Waals surface area contributed by atoms with Gasteiger partial charge in [0.15, 0.2) is 0 Å². The highest BCUT2D eigenvalue weighted by molar-refractivity contribution is 5.27. The van der Waals surface area contributed by atoms with Gasteiger partial charge in [-0.3, -0.25) is 0 Å². The first-order chi connectivity index (χ1) is 7.83. The summed E-state index contributed by atoms with van der Waals surface area (Å²) in [5.41, 5.74) is 0.942. The van der Waals surface area contributed by atoms with Crippen LogP contribution in [0.15, 0.2) is 10.7 Å². The number of oxazole rings is 1. The van der Waals surface area contributed by atoms with Crippen LogP contribution >= 0.6 is 0 Å². The van der Waals surface area contributed by atoms with E-state index in [0.717, 1.165) is 38.4 Å². The Balaban J connectivity index is 1.99. The van der Waals surface area contributed by atoms with E-state index in [4.69, 9.17) is 9.15 Å². The van der Waals surface area contributed by atoms with Crippen molar-refractivity contribution in [3.8, 4) is 0 Å². The van der Waals surface area contributed by atoms with Gasteiger partial charge in [0.2, 0.25) is 0 Å². The lowest BCUT2D eigenvalue weighted by molar-refractivity contribution is 0.0367. The van der Waals surface area contributed by atoms with Crippen molar-refractivity contribution in [3.63, 3.8) is 0 Å². The highest BCUT2D eigenvalue weighted by Gasteiger charge is 2.22. The van der Waals surface area contributed by atoms with Crippen molar-refractivity contribution in [1.82, 2.24) is 10.3 Å². The highest BCUT2D eigenvalue weighted by Crippen LogP contribution is 2.18. The third-order valence-electron chi connectivity index (χ3n) is 2.76. The molecule has 1 atom stereocenters. The summed E-state index contributed by atoms with van der Waals surface area (Å²) >= 11 is 0. The number of anilines is 1. The second-order valence-corrected chi connectivity index (χ2v) is 4.00. The van der Waals surface area contributed by atoms with Crippen LogP contribution in [0.2, 0.25) is 0 Å². The molecule has 1 unspecified atom stereocenters. The molecule has 2 rings (SSSR count). The SMILES string of the molecule is CCC1CN(c2nc(CNC)co2)CCO1. The van der Waals surface area contributed by atoms with Crippen LogP contribution in [-0.2, 0) is 11.3 Å². The molecule has 1 aromatic rings. The molecule has 0 aromatic carbocycles. The van der Waals surface area contributed by atoms with Gasteiger partial charge in [0.1, 0.15) is 6.26 Å². The number of ether oxygens (including phenoxy) is 1. The minimum atomic E-state index is 0.299. The zero-order valence-corrected chi connectivity index (χ0v) is 9.90. The molecular formula is C11H19N3O2. The number of nitrogens with zero attached hydrogens (tertiary/aromatic N) is 2. The Hall–Kier alpha value is -1.07. The molecule has 1 fully saturated rings. The molecule has 0 bridgehead atoms. The average molecular weight is 225 g/mol. The number of rotatable bonds is 4. The van der Waals surface area contributed by atoms with Gasteiger partial charge in [0, 0.05) is 19.6 Å². The summed E-state index contributed by atoms with van der Waals surface area (Å²) in [6, 6.07) is 0.715. The van der Waals surface area contributed by atoms with Crippen molar-refractivity contribution < 1.29 is 9.15 Å². The van der Waals surface area contributed by atoms with Crippen LogP contribution in [0.1, 0.15) is 19.0 Å². The quantitative estimate of drug-likeness (QED) is 0.828.